The van der Waals surface area contributed by atoms with Crippen molar-refractivity contribution in [3.8, 4) is 0 Å². The zero-order valence-electron chi connectivity index (χ0n) is 13.1. The van der Waals surface area contributed by atoms with Crippen LogP contribution in [0.25, 0.3) is 6.08 Å². The van der Waals surface area contributed by atoms with E-state index in [-0.39, 0.29) is 17.5 Å². The predicted molar refractivity (Wildman–Crippen MR) is 93.9 cm³/mol. The molecule has 0 unspecified atom stereocenters. The molecule has 24 heavy (non-hydrogen) atoms. The highest BCUT2D eigenvalue weighted by atomic mass is 35.5. The van der Waals surface area contributed by atoms with E-state index < -0.39 is 11.8 Å². The fraction of sp³-hybridized carbons (Fsp3) is 0.176. The Morgan fingerprint density at radius 1 is 1.21 bits per heavy atom. The average molecular weight is 367 g/mol. The van der Waals surface area contributed by atoms with E-state index in [9.17, 15) is 9.59 Å². The lowest BCUT2D eigenvalue weighted by molar-refractivity contribution is -0.118. The van der Waals surface area contributed by atoms with Crippen LogP contribution in [0.1, 0.15) is 30.0 Å². The van der Waals surface area contributed by atoms with Crippen molar-refractivity contribution in [1.82, 2.24) is 10.6 Å². The number of furan rings is 1. The Morgan fingerprint density at radius 2 is 1.96 bits per heavy atom. The molecule has 1 aromatic carbocycles. The SMILES string of the molecule is CC(C)NC(=O)C(=Cc1ccc(Cl)cc1Cl)NC(=O)c1ccco1. The normalized spacial score (nSPS) is 11.5. The molecule has 0 aliphatic carbocycles. The van der Waals surface area contributed by atoms with E-state index in [1.54, 1.807) is 24.3 Å². The van der Waals surface area contributed by atoms with E-state index in [4.69, 9.17) is 27.6 Å². The lowest BCUT2D eigenvalue weighted by Crippen LogP contribution is -2.38. The number of benzene rings is 1. The van der Waals surface area contributed by atoms with Gasteiger partial charge in [0.25, 0.3) is 11.8 Å². The lowest BCUT2D eigenvalue weighted by atomic mass is 10.1. The Balaban J connectivity index is 2.33. The maximum Gasteiger partial charge on any atom is 0.291 e. The molecule has 0 aliphatic heterocycles. The zero-order chi connectivity index (χ0) is 17.7. The molecule has 7 heteroatoms. The minimum atomic E-state index is -0.532. The first-order valence-corrected chi connectivity index (χ1v) is 7.95. The molecule has 0 aliphatic rings. The molecule has 0 bridgehead atoms. The van der Waals surface area contributed by atoms with E-state index in [0.717, 1.165) is 0 Å². The quantitative estimate of drug-likeness (QED) is 0.788. The molecule has 126 valence electrons. The summed E-state index contributed by atoms with van der Waals surface area (Å²) < 4.78 is 5.03. The number of hydrogen-bond acceptors (Lipinski definition) is 3. The predicted octanol–water partition coefficient (Wildman–Crippen LogP) is 3.88. The Kier molecular flexibility index (Phi) is 6.06. The summed E-state index contributed by atoms with van der Waals surface area (Å²) in [4.78, 5) is 24.5. The van der Waals surface area contributed by atoms with Crippen molar-refractivity contribution in [3.05, 3.63) is 63.7 Å². The van der Waals surface area contributed by atoms with Crippen LogP contribution in [-0.4, -0.2) is 17.9 Å². The molecule has 2 amide bonds. The van der Waals surface area contributed by atoms with Gasteiger partial charge in [0.15, 0.2) is 5.76 Å². The van der Waals surface area contributed by atoms with Gasteiger partial charge in [-0.2, -0.15) is 0 Å². The van der Waals surface area contributed by atoms with Crippen molar-refractivity contribution >= 4 is 41.1 Å². The number of nitrogens with one attached hydrogen (secondary N) is 2. The summed E-state index contributed by atoms with van der Waals surface area (Å²) in [7, 11) is 0. The van der Waals surface area contributed by atoms with Gasteiger partial charge in [-0.3, -0.25) is 9.59 Å². The maximum atomic E-state index is 12.3. The van der Waals surface area contributed by atoms with Crippen LogP contribution < -0.4 is 10.6 Å². The molecule has 0 saturated carbocycles. The number of carbonyl (C=O) groups excluding carboxylic acids is 2. The number of hydrogen-bond donors (Lipinski definition) is 2. The third-order valence-electron chi connectivity index (χ3n) is 2.92. The van der Waals surface area contributed by atoms with Crippen molar-refractivity contribution in [3.63, 3.8) is 0 Å². The molecule has 5 nitrogen and oxygen atoms in total. The van der Waals surface area contributed by atoms with Crippen LogP contribution in [0.4, 0.5) is 0 Å². The van der Waals surface area contributed by atoms with Crippen molar-refractivity contribution in [1.29, 1.82) is 0 Å². The van der Waals surface area contributed by atoms with Crippen molar-refractivity contribution < 1.29 is 14.0 Å². The number of halogens is 2. The molecule has 2 N–H and O–H groups in total. The number of carbonyl (C=O) groups is 2. The highest BCUT2D eigenvalue weighted by molar-refractivity contribution is 6.35. The second-order valence-electron chi connectivity index (χ2n) is 5.28. The van der Waals surface area contributed by atoms with Gasteiger partial charge in [0.2, 0.25) is 0 Å². The minimum Gasteiger partial charge on any atom is -0.459 e. The van der Waals surface area contributed by atoms with Crippen LogP contribution >= 0.6 is 23.2 Å². The van der Waals surface area contributed by atoms with E-state index >= 15 is 0 Å². The Labute approximate surface area is 149 Å². The van der Waals surface area contributed by atoms with Gasteiger partial charge in [0.05, 0.1) is 6.26 Å². The standard InChI is InChI=1S/C17H16Cl2N2O3/c1-10(2)20-16(22)14(21-17(23)15-4-3-7-24-15)8-11-5-6-12(18)9-13(11)19/h3-10H,1-2H3,(H,20,22)(H,21,23). The monoisotopic (exact) mass is 366 g/mol. The van der Waals surface area contributed by atoms with Gasteiger partial charge in [-0.15, -0.1) is 0 Å². The first-order valence-electron chi connectivity index (χ1n) is 7.19. The van der Waals surface area contributed by atoms with E-state index in [1.165, 1.54) is 18.4 Å². The fourth-order valence-corrected chi connectivity index (χ4v) is 2.33. The van der Waals surface area contributed by atoms with Crippen LogP contribution in [0.5, 0.6) is 0 Å². The molecule has 1 aromatic heterocycles. The Bertz CT molecular complexity index is 768. The number of amides is 2. The highest BCUT2D eigenvalue weighted by Crippen LogP contribution is 2.23. The zero-order valence-corrected chi connectivity index (χ0v) is 14.6. The summed E-state index contributed by atoms with van der Waals surface area (Å²) in [5, 5.41) is 6.10. The molecule has 0 radical (unpaired) electrons. The highest BCUT2D eigenvalue weighted by Gasteiger charge is 2.17. The Hall–Kier alpha value is -2.24. The lowest BCUT2D eigenvalue weighted by Gasteiger charge is -2.13. The van der Waals surface area contributed by atoms with Gasteiger partial charge >= 0.3 is 0 Å². The van der Waals surface area contributed by atoms with Crippen LogP contribution in [0.2, 0.25) is 10.0 Å². The molecular weight excluding hydrogens is 351 g/mol. The fourth-order valence-electron chi connectivity index (χ4n) is 1.86. The van der Waals surface area contributed by atoms with Gasteiger partial charge in [-0.1, -0.05) is 29.3 Å². The summed E-state index contributed by atoms with van der Waals surface area (Å²) >= 11 is 12.0. The van der Waals surface area contributed by atoms with E-state index in [1.807, 2.05) is 13.8 Å². The van der Waals surface area contributed by atoms with Gasteiger partial charge in [0, 0.05) is 16.1 Å². The van der Waals surface area contributed by atoms with Gasteiger partial charge in [-0.05, 0) is 49.8 Å². The van der Waals surface area contributed by atoms with Gasteiger partial charge < -0.3 is 15.1 Å². The van der Waals surface area contributed by atoms with Crippen molar-refractivity contribution in [2.24, 2.45) is 0 Å². The smallest absolute Gasteiger partial charge is 0.291 e. The molecule has 1 heterocycles. The first-order chi connectivity index (χ1) is 11.4. The van der Waals surface area contributed by atoms with Gasteiger partial charge in [0.1, 0.15) is 5.70 Å². The largest absolute Gasteiger partial charge is 0.459 e. The van der Waals surface area contributed by atoms with Crippen LogP contribution in [0.15, 0.2) is 46.7 Å². The molecule has 0 atom stereocenters. The molecule has 0 fully saturated rings. The molecular formula is C17H16Cl2N2O3. The van der Waals surface area contributed by atoms with Crippen LogP contribution in [-0.2, 0) is 4.79 Å². The van der Waals surface area contributed by atoms with E-state index in [0.29, 0.717) is 15.6 Å². The first kappa shape index (κ1) is 18.1. The minimum absolute atomic E-state index is 0.0503. The summed E-state index contributed by atoms with van der Waals surface area (Å²) in [5.41, 5.74) is 0.601. The van der Waals surface area contributed by atoms with Crippen LogP contribution in [0, 0.1) is 0 Å². The summed E-state index contributed by atoms with van der Waals surface area (Å²) in [6, 6.07) is 7.85. The average Bonchev–Trinajstić information content (AvgIpc) is 3.02. The second kappa shape index (κ2) is 8.04. The third kappa shape index (κ3) is 4.88. The molecule has 0 saturated heterocycles. The second-order valence-corrected chi connectivity index (χ2v) is 6.13. The summed E-state index contributed by atoms with van der Waals surface area (Å²) in [5.74, 6) is -0.869. The third-order valence-corrected chi connectivity index (χ3v) is 3.48. The summed E-state index contributed by atoms with van der Waals surface area (Å²) in [6.07, 6.45) is 2.86. The molecule has 0 spiro atoms. The molecule has 2 rings (SSSR count). The summed E-state index contributed by atoms with van der Waals surface area (Å²) in [6.45, 7) is 3.64. The van der Waals surface area contributed by atoms with Gasteiger partial charge in [-0.25, -0.2) is 0 Å². The van der Waals surface area contributed by atoms with Crippen molar-refractivity contribution in [2.75, 3.05) is 0 Å². The van der Waals surface area contributed by atoms with Crippen LogP contribution in [0.3, 0.4) is 0 Å². The number of rotatable bonds is 5. The topological polar surface area (TPSA) is 71.3 Å². The van der Waals surface area contributed by atoms with E-state index in [2.05, 4.69) is 10.6 Å². The Morgan fingerprint density at radius 3 is 2.54 bits per heavy atom. The molecule has 2 aromatic rings. The van der Waals surface area contributed by atoms with Crippen molar-refractivity contribution in [2.45, 2.75) is 19.9 Å². The maximum absolute atomic E-state index is 12.3.